The van der Waals surface area contributed by atoms with Crippen LogP contribution < -0.4 is 21.4 Å². The van der Waals surface area contributed by atoms with E-state index < -0.39 is 0 Å². The summed E-state index contributed by atoms with van der Waals surface area (Å²) in [6, 6.07) is 7.24. The number of nitrogens with zero attached hydrogens (tertiary/aromatic N) is 1. The number of carbonyl (C=O) groups is 1. The van der Waals surface area contributed by atoms with E-state index in [0.29, 0.717) is 18.8 Å². The van der Waals surface area contributed by atoms with Crippen LogP contribution in [0.25, 0.3) is 0 Å². The zero-order valence-electron chi connectivity index (χ0n) is 11.4. The fourth-order valence-corrected chi connectivity index (χ4v) is 2.02. The zero-order valence-corrected chi connectivity index (χ0v) is 11.4. The Morgan fingerprint density at radius 2 is 1.80 bits per heavy atom. The monoisotopic (exact) mass is 279 g/mol. The van der Waals surface area contributed by atoms with Crippen LogP contribution in [-0.4, -0.2) is 55.4 Å². The summed E-state index contributed by atoms with van der Waals surface area (Å²) in [5, 5.41) is 18.0. The van der Waals surface area contributed by atoms with Crippen LogP contribution in [0.3, 0.4) is 0 Å². The molecule has 1 aliphatic rings. The van der Waals surface area contributed by atoms with E-state index in [1.54, 1.807) is 12.1 Å². The first kappa shape index (κ1) is 14.4. The fourth-order valence-electron chi connectivity index (χ4n) is 2.02. The summed E-state index contributed by atoms with van der Waals surface area (Å²) >= 11 is 0. The van der Waals surface area contributed by atoms with E-state index in [-0.39, 0.29) is 6.03 Å². The van der Waals surface area contributed by atoms with Crippen molar-refractivity contribution >= 4 is 17.4 Å². The molecule has 1 aromatic rings. The number of piperazine rings is 1. The maximum absolute atomic E-state index is 11.8. The molecule has 0 unspecified atom stereocenters. The predicted octanol–water partition coefficient (Wildman–Crippen LogP) is 0.514. The first-order chi connectivity index (χ1) is 9.79. The van der Waals surface area contributed by atoms with E-state index in [0.717, 1.165) is 31.9 Å². The lowest BCUT2D eigenvalue weighted by molar-refractivity contribution is 0.190. The van der Waals surface area contributed by atoms with Gasteiger partial charge in [0.15, 0.2) is 0 Å². The van der Waals surface area contributed by atoms with Gasteiger partial charge in [-0.25, -0.2) is 4.79 Å². The van der Waals surface area contributed by atoms with Crippen LogP contribution in [-0.2, 0) is 0 Å². The van der Waals surface area contributed by atoms with Crippen LogP contribution in [0.1, 0.15) is 0 Å². The molecule has 0 aromatic heterocycles. The average Bonchev–Trinajstić information content (AvgIpc) is 2.53. The standard InChI is InChI=1S/C13H21N5O2/c19-13(18-9-7-14-8-10-18)16-6-5-15-11-1-3-12(17-20)4-2-11/h1-4,14-15,17,20H,5-10H2,(H,16,19). The summed E-state index contributed by atoms with van der Waals surface area (Å²) in [6.45, 7) is 4.46. The SMILES string of the molecule is O=C(NCCNc1ccc(NO)cc1)N1CCNCC1. The van der Waals surface area contributed by atoms with Crippen molar-refractivity contribution in [1.82, 2.24) is 15.5 Å². The number of hydrogen-bond acceptors (Lipinski definition) is 5. The third kappa shape index (κ3) is 4.29. The van der Waals surface area contributed by atoms with Gasteiger partial charge in [-0.15, -0.1) is 0 Å². The Morgan fingerprint density at radius 3 is 2.45 bits per heavy atom. The van der Waals surface area contributed by atoms with E-state index in [9.17, 15) is 4.79 Å². The highest BCUT2D eigenvalue weighted by Gasteiger charge is 2.14. The highest BCUT2D eigenvalue weighted by molar-refractivity contribution is 5.74. The summed E-state index contributed by atoms with van der Waals surface area (Å²) in [7, 11) is 0. The molecule has 1 aliphatic heterocycles. The molecule has 0 spiro atoms. The second-order valence-electron chi connectivity index (χ2n) is 4.58. The van der Waals surface area contributed by atoms with Gasteiger partial charge in [-0.3, -0.25) is 10.7 Å². The molecule has 1 aromatic carbocycles. The Kier molecular flexibility index (Phi) is 5.45. The smallest absolute Gasteiger partial charge is 0.317 e. The number of hydrogen-bond donors (Lipinski definition) is 5. The first-order valence-electron chi connectivity index (χ1n) is 6.77. The Hall–Kier alpha value is -1.99. The van der Waals surface area contributed by atoms with Crippen LogP contribution in [0.5, 0.6) is 0 Å². The molecule has 0 atom stereocenters. The van der Waals surface area contributed by atoms with E-state index in [4.69, 9.17) is 5.21 Å². The molecule has 1 heterocycles. The number of urea groups is 1. The Labute approximate surface area is 118 Å². The number of benzene rings is 1. The summed E-state index contributed by atoms with van der Waals surface area (Å²) in [5.41, 5.74) is 3.66. The van der Waals surface area contributed by atoms with Crippen LogP contribution in [0, 0.1) is 0 Å². The van der Waals surface area contributed by atoms with Gasteiger partial charge >= 0.3 is 6.03 Å². The molecule has 110 valence electrons. The van der Waals surface area contributed by atoms with Crippen LogP contribution in [0.2, 0.25) is 0 Å². The number of nitrogens with one attached hydrogen (secondary N) is 4. The molecule has 0 bridgehead atoms. The lowest BCUT2D eigenvalue weighted by Gasteiger charge is -2.27. The number of rotatable bonds is 5. The van der Waals surface area contributed by atoms with Crippen molar-refractivity contribution in [3.63, 3.8) is 0 Å². The van der Waals surface area contributed by atoms with Crippen molar-refractivity contribution in [3.05, 3.63) is 24.3 Å². The van der Waals surface area contributed by atoms with E-state index in [1.807, 2.05) is 17.0 Å². The third-order valence-corrected chi connectivity index (χ3v) is 3.15. The Morgan fingerprint density at radius 1 is 1.15 bits per heavy atom. The maximum atomic E-state index is 11.8. The summed E-state index contributed by atoms with van der Waals surface area (Å²) < 4.78 is 0. The summed E-state index contributed by atoms with van der Waals surface area (Å²) in [5.74, 6) is 0. The van der Waals surface area contributed by atoms with Crippen LogP contribution >= 0.6 is 0 Å². The van der Waals surface area contributed by atoms with Gasteiger partial charge < -0.3 is 20.9 Å². The van der Waals surface area contributed by atoms with Gasteiger partial charge in [0.1, 0.15) is 0 Å². The van der Waals surface area contributed by atoms with Crippen molar-refractivity contribution < 1.29 is 10.0 Å². The largest absolute Gasteiger partial charge is 0.383 e. The molecule has 20 heavy (non-hydrogen) atoms. The van der Waals surface area contributed by atoms with Crippen LogP contribution in [0.15, 0.2) is 24.3 Å². The highest BCUT2D eigenvalue weighted by Crippen LogP contribution is 2.11. The van der Waals surface area contributed by atoms with Gasteiger partial charge in [0, 0.05) is 45.0 Å². The van der Waals surface area contributed by atoms with Crippen molar-refractivity contribution in [1.29, 1.82) is 0 Å². The maximum Gasteiger partial charge on any atom is 0.317 e. The lowest BCUT2D eigenvalue weighted by atomic mass is 10.3. The molecular weight excluding hydrogens is 258 g/mol. The minimum atomic E-state index is -0.00636. The minimum Gasteiger partial charge on any atom is -0.383 e. The normalized spacial score (nSPS) is 14.8. The van der Waals surface area contributed by atoms with Gasteiger partial charge in [-0.1, -0.05) is 0 Å². The highest BCUT2D eigenvalue weighted by atomic mass is 16.5. The second-order valence-corrected chi connectivity index (χ2v) is 4.58. The number of carbonyl (C=O) groups excluding carboxylic acids is 1. The molecule has 0 radical (unpaired) electrons. The molecule has 1 fully saturated rings. The van der Waals surface area contributed by atoms with Crippen molar-refractivity contribution in [2.45, 2.75) is 0 Å². The summed E-state index contributed by atoms with van der Waals surface area (Å²) in [4.78, 5) is 13.6. The molecular formula is C13H21N5O2. The first-order valence-corrected chi connectivity index (χ1v) is 6.77. The zero-order chi connectivity index (χ0) is 14.2. The van der Waals surface area contributed by atoms with Gasteiger partial charge in [-0.05, 0) is 24.3 Å². The van der Waals surface area contributed by atoms with Gasteiger partial charge in [0.2, 0.25) is 0 Å². The molecule has 2 amide bonds. The Balaban J connectivity index is 1.64. The molecule has 1 saturated heterocycles. The fraction of sp³-hybridized carbons (Fsp3) is 0.462. The minimum absolute atomic E-state index is 0.00636. The number of anilines is 2. The third-order valence-electron chi connectivity index (χ3n) is 3.15. The Bertz CT molecular complexity index is 417. The molecule has 0 saturated carbocycles. The predicted molar refractivity (Wildman–Crippen MR) is 78.2 cm³/mol. The molecule has 7 heteroatoms. The van der Waals surface area contributed by atoms with E-state index in [1.165, 1.54) is 0 Å². The van der Waals surface area contributed by atoms with Gasteiger partial charge in [-0.2, -0.15) is 0 Å². The number of amides is 2. The van der Waals surface area contributed by atoms with Gasteiger partial charge in [0.05, 0.1) is 5.69 Å². The van der Waals surface area contributed by atoms with Crippen LogP contribution in [0.4, 0.5) is 16.2 Å². The second kappa shape index (κ2) is 7.56. The van der Waals surface area contributed by atoms with E-state index in [2.05, 4.69) is 21.4 Å². The topological polar surface area (TPSA) is 88.7 Å². The van der Waals surface area contributed by atoms with E-state index >= 15 is 0 Å². The average molecular weight is 279 g/mol. The quantitative estimate of drug-likeness (QED) is 0.400. The van der Waals surface area contributed by atoms with Crippen molar-refractivity contribution in [3.8, 4) is 0 Å². The van der Waals surface area contributed by atoms with Crippen molar-refractivity contribution in [2.75, 3.05) is 50.1 Å². The molecule has 0 aliphatic carbocycles. The van der Waals surface area contributed by atoms with Gasteiger partial charge in [0.25, 0.3) is 0 Å². The lowest BCUT2D eigenvalue weighted by Crippen LogP contribution is -2.50. The summed E-state index contributed by atoms with van der Waals surface area (Å²) in [6.07, 6.45) is 0. The molecule has 2 rings (SSSR count). The van der Waals surface area contributed by atoms with Crippen molar-refractivity contribution in [2.24, 2.45) is 0 Å². The molecule has 5 N–H and O–H groups in total. The molecule has 7 nitrogen and oxygen atoms in total.